The standard InChI is InChI=1S/C29H25F2N5O/c1-18(2)28-26(29(37)35-15-19-9-10-22(30)23(31)13-19)27-25(36(28)17-21-7-3-5-11-32-21)14-20(16-34-27)24-8-4-6-12-33-24/h3-14,16,18H,15,17H2,1-2H3,(H,35,37). The van der Waals surface area contributed by atoms with Crippen molar-refractivity contribution in [3.8, 4) is 11.3 Å². The number of aromatic nitrogens is 4. The molecule has 186 valence electrons. The van der Waals surface area contributed by atoms with Crippen molar-refractivity contribution >= 4 is 16.9 Å². The van der Waals surface area contributed by atoms with Crippen LogP contribution in [-0.4, -0.2) is 25.4 Å². The van der Waals surface area contributed by atoms with Crippen LogP contribution in [0, 0.1) is 11.6 Å². The van der Waals surface area contributed by atoms with Gasteiger partial charge in [0.25, 0.3) is 5.91 Å². The summed E-state index contributed by atoms with van der Waals surface area (Å²) in [6.45, 7) is 4.55. The smallest absolute Gasteiger partial charge is 0.255 e. The number of hydrogen-bond donors (Lipinski definition) is 1. The maximum Gasteiger partial charge on any atom is 0.255 e. The maximum absolute atomic E-state index is 13.7. The second-order valence-corrected chi connectivity index (χ2v) is 9.06. The number of carbonyl (C=O) groups is 1. The minimum Gasteiger partial charge on any atom is -0.348 e. The van der Waals surface area contributed by atoms with Crippen molar-refractivity contribution in [3.05, 3.63) is 113 Å². The Labute approximate surface area is 213 Å². The molecule has 0 radical (unpaired) electrons. The van der Waals surface area contributed by atoms with Gasteiger partial charge >= 0.3 is 0 Å². The summed E-state index contributed by atoms with van der Waals surface area (Å²) >= 11 is 0. The number of nitrogens with zero attached hydrogens (tertiary/aromatic N) is 4. The van der Waals surface area contributed by atoms with Crippen LogP contribution in [0.3, 0.4) is 0 Å². The van der Waals surface area contributed by atoms with Gasteiger partial charge < -0.3 is 9.88 Å². The Morgan fingerprint density at radius 2 is 1.73 bits per heavy atom. The van der Waals surface area contributed by atoms with Gasteiger partial charge in [-0.3, -0.25) is 19.7 Å². The number of rotatable bonds is 7. The summed E-state index contributed by atoms with van der Waals surface area (Å²) in [5, 5.41) is 2.86. The van der Waals surface area contributed by atoms with Crippen molar-refractivity contribution in [3.63, 3.8) is 0 Å². The first-order chi connectivity index (χ1) is 17.9. The van der Waals surface area contributed by atoms with Gasteiger partial charge in [0.05, 0.1) is 29.0 Å². The maximum atomic E-state index is 13.7. The predicted molar refractivity (Wildman–Crippen MR) is 138 cm³/mol. The Morgan fingerprint density at radius 1 is 0.946 bits per heavy atom. The lowest BCUT2D eigenvalue weighted by molar-refractivity contribution is 0.0950. The molecule has 0 aliphatic heterocycles. The third kappa shape index (κ3) is 4.95. The lowest BCUT2D eigenvalue weighted by atomic mass is 10.0. The fourth-order valence-corrected chi connectivity index (χ4v) is 4.48. The van der Waals surface area contributed by atoms with E-state index in [1.165, 1.54) is 6.07 Å². The predicted octanol–water partition coefficient (Wildman–Crippen LogP) is 5.87. The molecule has 0 fully saturated rings. The van der Waals surface area contributed by atoms with Crippen molar-refractivity contribution < 1.29 is 13.6 Å². The highest BCUT2D eigenvalue weighted by Gasteiger charge is 2.26. The number of hydrogen-bond acceptors (Lipinski definition) is 4. The van der Waals surface area contributed by atoms with Crippen LogP contribution < -0.4 is 5.32 Å². The summed E-state index contributed by atoms with van der Waals surface area (Å²) in [7, 11) is 0. The van der Waals surface area contributed by atoms with Gasteiger partial charge in [-0.1, -0.05) is 32.0 Å². The molecule has 5 aromatic rings. The number of amides is 1. The van der Waals surface area contributed by atoms with E-state index in [0.717, 1.165) is 40.3 Å². The molecule has 4 heterocycles. The zero-order valence-electron chi connectivity index (χ0n) is 20.5. The van der Waals surface area contributed by atoms with Crippen LogP contribution in [0.4, 0.5) is 8.78 Å². The molecule has 1 amide bonds. The third-order valence-electron chi connectivity index (χ3n) is 6.16. The van der Waals surface area contributed by atoms with E-state index in [-0.39, 0.29) is 18.4 Å². The molecule has 1 N–H and O–H groups in total. The van der Waals surface area contributed by atoms with Crippen LogP contribution >= 0.6 is 0 Å². The van der Waals surface area contributed by atoms with E-state index >= 15 is 0 Å². The van der Waals surface area contributed by atoms with E-state index in [9.17, 15) is 13.6 Å². The van der Waals surface area contributed by atoms with Crippen molar-refractivity contribution in [2.75, 3.05) is 0 Å². The van der Waals surface area contributed by atoms with Crippen LogP contribution in [0.15, 0.2) is 79.3 Å². The highest BCUT2D eigenvalue weighted by molar-refractivity contribution is 6.07. The minimum absolute atomic E-state index is 0.0137. The summed E-state index contributed by atoms with van der Waals surface area (Å²) in [4.78, 5) is 27.2. The fraction of sp³-hybridized carbons (Fsp3) is 0.172. The fourth-order valence-electron chi connectivity index (χ4n) is 4.48. The molecular weight excluding hydrogens is 472 g/mol. The summed E-state index contributed by atoms with van der Waals surface area (Å²) in [5.41, 5.74) is 5.52. The molecule has 0 bridgehead atoms. The van der Waals surface area contributed by atoms with E-state index in [1.54, 1.807) is 18.6 Å². The summed E-state index contributed by atoms with van der Waals surface area (Å²) in [6.07, 6.45) is 5.18. The van der Waals surface area contributed by atoms with Crippen molar-refractivity contribution in [1.29, 1.82) is 0 Å². The number of fused-ring (bicyclic) bond motifs is 1. The Balaban J connectivity index is 1.62. The Kier molecular flexibility index (Phi) is 6.72. The second kappa shape index (κ2) is 10.3. The molecule has 0 unspecified atom stereocenters. The molecular formula is C29H25F2N5O. The number of halogens is 2. The lowest BCUT2D eigenvalue weighted by Crippen LogP contribution is -2.24. The molecule has 0 saturated carbocycles. The normalized spacial score (nSPS) is 11.3. The largest absolute Gasteiger partial charge is 0.348 e. The van der Waals surface area contributed by atoms with Gasteiger partial charge in [-0.2, -0.15) is 0 Å². The van der Waals surface area contributed by atoms with Gasteiger partial charge in [0.2, 0.25) is 0 Å². The Hall–Kier alpha value is -4.46. The summed E-state index contributed by atoms with van der Waals surface area (Å²) in [5.74, 6) is -2.23. The van der Waals surface area contributed by atoms with Gasteiger partial charge in [-0.15, -0.1) is 0 Å². The first-order valence-corrected chi connectivity index (χ1v) is 12.0. The van der Waals surface area contributed by atoms with E-state index in [4.69, 9.17) is 4.98 Å². The zero-order valence-corrected chi connectivity index (χ0v) is 20.5. The molecule has 0 aliphatic rings. The molecule has 8 heteroatoms. The van der Waals surface area contributed by atoms with E-state index < -0.39 is 11.6 Å². The first kappa shape index (κ1) is 24.2. The van der Waals surface area contributed by atoms with Crippen LogP contribution in [0.1, 0.15) is 47.1 Å². The highest BCUT2D eigenvalue weighted by atomic mass is 19.2. The summed E-state index contributed by atoms with van der Waals surface area (Å²) < 4.78 is 29.1. The molecule has 0 saturated heterocycles. The van der Waals surface area contributed by atoms with Crippen molar-refractivity contribution in [2.45, 2.75) is 32.9 Å². The molecule has 37 heavy (non-hydrogen) atoms. The number of carbonyl (C=O) groups excluding carboxylic acids is 1. The van der Waals surface area contributed by atoms with Crippen LogP contribution in [-0.2, 0) is 13.1 Å². The average molecular weight is 498 g/mol. The van der Waals surface area contributed by atoms with Gasteiger partial charge in [-0.05, 0) is 53.9 Å². The third-order valence-corrected chi connectivity index (χ3v) is 6.16. The zero-order chi connectivity index (χ0) is 25.9. The molecule has 0 spiro atoms. The van der Waals surface area contributed by atoms with Gasteiger partial charge in [0, 0.05) is 36.4 Å². The Bertz CT molecular complexity index is 1570. The molecule has 5 rings (SSSR count). The minimum atomic E-state index is -0.953. The van der Waals surface area contributed by atoms with Crippen LogP contribution in [0.25, 0.3) is 22.3 Å². The quantitative estimate of drug-likeness (QED) is 0.305. The van der Waals surface area contributed by atoms with E-state index in [0.29, 0.717) is 23.2 Å². The van der Waals surface area contributed by atoms with E-state index in [1.807, 2.05) is 56.3 Å². The molecule has 1 aromatic carbocycles. The molecule has 0 aliphatic carbocycles. The Morgan fingerprint density at radius 3 is 2.41 bits per heavy atom. The van der Waals surface area contributed by atoms with Gasteiger partial charge in [-0.25, -0.2) is 8.78 Å². The van der Waals surface area contributed by atoms with E-state index in [2.05, 4.69) is 19.9 Å². The summed E-state index contributed by atoms with van der Waals surface area (Å²) in [6, 6.07) is 17.0. The van der Waals surface area contributed by atoms with Crippen LogP contribution in [0.2, 0.25) is 0 Å². The van der Waals surface area contributed by atoms with Gasteiger partial charge in [0.1, 0.15) is 5.52 Å². The van der Waals surface area contributed by atoms with Crippen LogP contribution in [0.5, 0.6) is 0 Å². The number of benzene rings is 1. The highest BCUT2D eigenvalue weighted by Crippen LogP contribution is 2.33. The lowest BCUT2D eigenvalue weighted by Gasteiger charge is -2.15. The van der Waals surface area contributed by atoms with Crippen molar-refractivity contribution in [2.24, 2.45) is 0 Å². The molecule has 0 atom stereocenters. The number of nitrogens with one attached hydrogen (secondary N) is 1. The molecule has 4 aromatic heterocycles. The second-order valence-electron chi connectivity index (χ2n) is 9.06. The monoisotopic (exact) mass is 497 g/mol. The SMILES string of the molecule is CC(C)c1c(C(=O)NCc2ccc(F)c(F)c2)c2ncc(-c3ccccn3)cc2n1Cc1ccccn1. The van der Waals surface area contributed by atoms with Crippen molar-refractivity contribution in [1.82, 2.24) is 24.8 Å². The first-order valence-electron chi connectivity index (χ1n) is 12.0. The van der Waals surface area contributed by atoms with Gasteiger partial charge in [0.15, 0.2) is 11.6 Å². The average Bonchev–Trinajstić information content (AvgIpc) is 3.24. The number of pyridine rings is 3. The topological polar surface area (TPSA) is 72.7 Å². The molecule has 6 nitrogen and oxygen atoms in total.